The molecule has 122 valence electrons. The molecule has 0 atom stereocenters. The van der Waals surface area contributed by atoms with Gasteiger partial charge in [-0.1, -0.05) is 0 Å². The van der Waals surface area contributed by atoms with Gasteiger partial charge in [-0.05, 0) is 40.2 Å². The van der Waals surface area contributed by atoms with Crippen LogP contribution >= 0.6 is 15.9 Å². The summed E-state index contributed by atoms with van der Waals surface area (Å²) in [4.78, 5) is 19.5. The molecule has 0 aliphatic carbocycles. The van der Waals surface area contributed by atoms with Crippen molar-refractivity contribution < 1.29 is 14.3 Å². The van der Waals surface area contributed by atoms with Gasteiger partial charge < -0.3 is 14.8 Å². The Bertz CT molecular complexity index is 915. The minimum absolute atomic E-state index is 0.583. The second-order valence-corrected chi connectivity index (χ2v) is 5.78. The van der Waals surface area contributed by atoms with Gasteiger partial charge in [0.25, 0.3) is 0 Å². The van der Waals surface area contributed by atoms with Crippen molar-refractivity contribution in [2.45, 2.75) is 0 Å². The van der Waals surface area contributed by atoms with Crippen LogP contribution in [0.4, 0.5) is 11.5 Å². The van der Waals surface area contributed by atoms with Gasteiger partial charge in [0.15, 0.2) is 17.8 Å². The van der Waals surface area contributed by atoms with E-state index in [9.17, 15) is 4.79 Å². The Morgan fingerprint density at radius 1 is 1.08 bits per heavy atom. The fraction of sp³-hybridized carbons (Fsp3) is 0.118. The summed E-state index contributed by atoms with van der Waals surface area (Å²) in [5, 5.41) is 4.03. The number of nitrogens with zero attached hydrogens (tertiary/aromatic N) is 2. The third-order valence-electron chi connectivity index (χ3n) is 3.53. The molecule has 24 heavy (non-hydrogen) atoms. The summed E-state index contributed by atoms with van der Waals surface area (Å²) in [6.07, 6.45) is 2.27. The zero-order valence-corrected chi connectivity index (χ0v) is 14.6. The van der Waals surface area contributed by atoms with Crippen molar-refractivity contribution in [2.24, 2.45) is 0 Å². The third kappa shape index (κ3) is 3.03. The molecule has 0 saturated heterocycles. The summed E-state index contributed by atoms with van der Waals surface area (Å²) < 4.78 is 11.4. The number of aldehydes is 1. The zero-order chi connectivity index (χ0) is 17.1. The van der Waals surface area contributed by atoms with Gasteiger partial charge in [0, 0.05) is 27.2 Å². The van der Waals surface area contributed by atoms with E-state index >= 15 is 0 Å². The standard InChI is InChI=1S/C17H14BrN3O3/c1-23-15-6-12-14(7-16(15)24-2)19-9-20-17(12)21-11-4-3-10(8-22)13(18)5-11/h3-9H,1-2H3,(H,19,20,21). The van der Waals surface area contributed by atoms with Crippen molar-refractivity contribution in [3.63, 3.8) is 0 Å². The molecule has 0 saturated carbocycles. The summed E-state index contributed by atoms with van der Waals surface area (Å²) in [5.74, 6) is 1.83. The maximum atomic E-state index is 10.9. The Hall–Kier alpha value is -2.67. The Morgan fingerprint density at radius 3 is 2.50 bits per heavy atom. The van der Waals surface area contributed by atoms with Gasteiger partial charge >= 0.3 is 0 Å². The average Bonchev–Trinajstić information content (AvgIpc) is 2.61. The second kappa shape index (κ2) is 6.84. The summed E-state index contributed by atoms with van der Waals surface area (Å²) in [6, 6.07) is 8.98. The molecule has 6 nitrogen and oxygen atoms in total. The molecule has 1 N–H and O–H groups in total. The molecule has 0 radical (unpaired) electrons. The van der Waals surface area contributed by atoms with Crippen LogP contribution in [0.5, 0.6) is 11.5 Å². The highest BCUT2D eigenvalue weighted by Gasteiger charge is 2.11. The van der Waals surface area contributed by atoms with Crippen molar-refractivity contribution in [2.75, 3.05) is 19.5 Å². The SMILES string of the molecule is COc1cc2ncnc(Nc3ccc(C=O)c(Br)c3)c2cc1OC. The van der Waals surface area contributed by atoms with Crippen LogP contribution in [0.1, 0.15) is 10.4 Å². The highest BCUT2D eigenvalue weighted by Crippen LogP contribution is 2.34. The highest BCUT2D eigenvalue weighted by molar-refractivity contribution is 9.10. The number of nitrogens with one attached hydrogen (secondary N) is 1. The number of benzene rings is 2. The van der Waals surface area contributed by atoms with Crippen LogP contribution in [0.2, 0.25) is 0 Å². The first-order chi connectivity index (χ1) is 11.7. The van der Waals surface area contributed by atoms with Crippen molar-refractivity contribution in [3.05, 3.63) is 46.7 Å². The van der Waals surface area contributed by atoms with E-state index in [1.165, 1.54) is 6.33 Å². The molecule has 3 aromatic rings. The molecular weight excluding hydrogens is 374 g/mol. The maximum Gasteiger partial charge on any atom is 0.162 e. The number of fused-ring (bicyclic) bond motifs is 1. The van der Waals surface area contributed by atoms with E-state index < -0.39 is 0 Å². The lowest BCUT2D eigenvalue weighted by Gasteiger charge is -2.12. The van der Waals surface area contributed by atoms with E-state index in [4.69, 9.17) is 9.47 Å². The molecule has 0 fully saturated rings. The van der Waals surface area contributed by atoms with Crippen LogP contribution in [0.25, 0.3) is 10.9 Å². The molecule has 0 unspecified atom stereocenters. The second-order valence-electron chi connectivity index (χ2n) is 4.93. The van der Waals surface area contributed by atoms with Gasteiger partial charge in [0.1, 0.15) is 12.1 Å². The van der Waals surface area contributed by atoms with Crippen molar-refractivity contribution in [1.29, 1.82) is 0 Å². The van der Waals surface area contributed by atoms with E-state index in [-0.39, 0.29) is 0 Å². The molecule has 0 aliphatic heterocycles. The lowest BCUT2D eigenvalue weighted by atomic mass is 10.2. The Balaban J connectivity index is 2.06. The minimum atomic E-state index is 0.583. The number of rotatable bonds is 5. The van der Waals surface area contributed by atoms with Crippen LogP contribution < -0.4 is 14.8 Å². The Labute approximate surface area is 147 Å². The molecule has 0 aliphatic rings. The third-order valence-corrected chi connectivity index (χ3v) is 4.22. The quantitative estimate of drug-likeness (QED) is 0.667. The largest absolute Gasteiger partial charge is 0.493 e. The number of carbonyl (C=O) groups excluding carboxylic acids is 1. The summed E-state index contributed by atoms with van der Waals surface area (Å²) in [7, 11) is 3.16. The predicted octanol–water partition coefficient (Wildman–Crippen LogP) is 3.97. The molecule has 0 amide bonds. The predicted molar refractivity (Wildman–Crippen MR) is 95.5 cm³/mol. The number of hydrogen-bond acceptors (Lipinski definition) is 6. The number of hydrogen-bond donors (Lipinski definition) is 1. The fourth-order valence-corrected chi connectivity index (χ4v) is 2.79. The van der Waals surface area contributed by atoms with Gasteiger partial charge in [-0.2, -0.15) is 0 Å². The number of anilines is 2. The Morgan fingerprint density at radius 2 is 1.83 bits per heavy atom. The van der Waals surface area contributed by atoms with Crippen LogP contribution in [0.3, 0.4) is 0 Å². The summed E-state index contributed by atoms with van der Waals surface area (Å²) in [6.45, 7) is 0. The lowest BCUT2D eigenvalue weighted by Crippen LogP contribution is -1.98. The average molecular weight is 388 g/mol. The molecule has 3 rings (SSSR count). The number of aromatic nitrogens is 2. The molecule has 0 bridgehead atoms. The van der Waals surface area contributed by atoms with Gasteiger partial charge in [-0.25, -0.2) is 9.97 Å². The Kier molecular flexibility index (Phi) is 4.61. The van der Waals surface area contributed by atoms with E-state index in [1.54, 1.807) is 26.4 Å². The van der Waals surface area contributed by atoms with E-state index in [2.05, 4.69) is 31.2 Å². The number of ether oxygens (including phenoxy) is 2. The summed E-state index contributed by atoms with van der Waals surface area (Å²) in [5.41, 5.74) is 2.11. The lowest BCUT2D eigenvalue weighted by molar-refractivity contribution is 0.112. The van der Waals surface area contributed by atoms with Crippen LogP contribution in [0, 0.1) is 0 Å². The molecule has 2 aromatic carbocycles. The zero-order valence-electron chi connectivity index (χ0n) is 13.0. The van der Waals surface area contributed by atoms with Gasteiger partial charge in [-0.3, -0.25) is 4.79 Å². The summed E-state index contributed by atoms with van der Waals surface area (Å²) >= 11 is 3.37. The van der Waals surface area contributed by atoms with Crippen LogP contribution in [-0.2, 0) is 0 Å². The minimum Gasteiger partial charge on any atom is -0.493 e. The molecule has 0 spiro atoms. The first-order valence-corrected chi connectivity index (χ1v) is 7.84. The van der Waals surface area contributed by atoms with Gasteiger partial charge in [-0.15, -0.1) is 0 Å². The highest BCUT2D eigenvalue weighted by atomic mass is 79.9. The van der Waals surface area contributed by atoms with Gasteiger partial charge in [0.05, 0.1) is 19.7 Å². The first-order valence-electron chi connectivity index (χ1n) is 7.04. The van der Waals surface area contributed by atoms with Crippen molar-refractivity contribution in [1.82, 2.24) is 9.97 Å². The smallest absolute Gasteiger partial charge is 0.162 e. The molecular formula is C17H14BrN3O3. The normalized spacial score (nSPS) is 10.5. The number of methoxy groups -OCH3 is 2. The van der Waals surface area contributed by atoms with E-state index in [0.717, 1.165) is 22.9 Å². The first kappa shape index (κ1) is 16.2. The van der Waals surface area contributed by atoms with Crippen LogP contribution in [0.15, 0.2) is 41.1 Å². The monoisotopic (exact) mass is 387 g/mol. The fourth-order valence-electron chi connectivity index (χ4n) is 2.32. The number of halogens is 1. The molecule has 7 heteroatoms. The van der Waals surface area contributed by atoms with Crippen molar-refractivity contribution in [3.8, 4) is 11.5 Å². The van der Waals surface area contributed by atoms with E-state index in [1.807, 2.05) is 18.2 Å². The number of carbonyl (C=O) groups is 1. The van der Waals surface area contributed by atoms with Crippen molar-refractivity contribution >= 4 is 44.6 Å². The maximum absolute atomic E-state index is 10.9. The van der Waals surface area contributed by atoms with E-state index in [0.29, 0.717) is 27.4 Å². The molecule has 1 heterocycles. The molecule has 1 aromatic heterocycles. The van der Waals surface area contributed by atoms with Crippen LogP contribution in [-0.4, -0.2) is 30.5 Å². The topological polar surface area (TPSA) is 73.3 Å². The van der Waals surface area contributed by atoms with Gasteiger partial charge in [0.2, 0.25) is 0 Å².